The molecule has 0 aromatic carbocycles. The number of ether oxygens (including phenoxy) is 1. The number of aliphatic hydroxyl groups excluding tert-OH is 1. The number of carbonyl (C=O) groups is 1. The van der Waals surface area contributed by atoms with E-state index in [0.29, 0.717) is 0 Å². The molecule has 1 amide bonds. The lowest BCUT2D eigenvalue weighted by atomic mass is 10.1. The van der Waals surface area contributed by atoms with Crippen molar-refractivity contribution in [2.75, 3.05) is 30.5 Å². The van der Waals surface area contributed by atoms with Crippen molar-refractivity contribution in [2.24, 2.45) is 11.8 Å². The summed E-state index contributed by atoms with van der Waals surface area (Å²) in [4.78, 5) is 53.1. The monoisotopic (exact) mass is 776 g/mol. The Morgan fingerprint density at radius 3 is 2.76 bits per heavy atom. The summed E-state index contributed by atoms with van der Waals surface area (Å²) in [7, 11) is -3.24. The summed E-state index contributed by atoms with van der Waals surface area (Å²) in [6.45, 7) is -2.40. The number of aromatic nitrogens is 6. The number of hydrogen-bond donors (Lipinski definition) is 5. The van der Waals surface area contributed by atoms with E-state index in [4.69, 9.17) is 39.9 Å². The first-order valence-electron chi connectivity index (χ1n) is 15.5. The first kappa shape index (κ1) is 38.7. The van der Waals surface area contributed by atoms with Crippen LogP contribution in [0.5, 0.6) is 0 Å². The minimum atomic E-state index is -4.09. The van der Waals surface area contributed by atoms with Gasteiger partial charge in [-0.05, 0) is 24.3 Å². The van der Waals surface area contributed by atoms with Gasteiger partial charge in [0.05, 0.1) is 44.7 Å². The summed E-state index contributed by atoms with van der Waals surface area (Å²) in [6, 6.07) is 2.43. The Kier molecular flexibility index (Phi) is 12.8. The first-order valence-corrected chi connectivity index (χ1v) is 19.1. The largest absolute Gasteiger partial charge is 0.695 e. The van der Waals surface area contributed by atoms with Gasteiger partial charge >= 0.3 is 15.0 Å². The van der Waals surface area contributed by atoms with Gasteiger partial charge in [-0.15, -0.1) is 9.42 Å². The summed E-state index contributed by atoms with van der Waals surface area (Å²) < 4.78 is 72.8. The van der Waals surface area contributed by atoms with Crippen LogP contribution in [0.4, 0.5) is 20.5 Å². The standard InChI is InChI=1S/C27H33F2N9O10P2S/c1-13(2)24(40)36-27-35-23-20(25(41)37-27)33-12-38(23)26-22(19(29)16(9-39)46-26)48-50(51,44-7-3-5-30)45-10-14-8-15(18(28)21(14)47-49(42)43)34-17-4-6-31-11-32-17/h4,6,11-16,18-19,21-22,26,39H,3,7-10H2,1-2H3,(H3-,31,32,34,35,36,37,40,41,42,43)/p+1/t14-,15-,16-,18+,19-,21-,22-,26-,50-/m1/s1. The van der Waals surface area contributed by atoms with Gasteiger partial charge in [0.25, 0.3) is 5.56 Å². The number of nitriles is 1. The van der Waals surface area contributed by atoms with E-state index in [1.54, 1.807) is 13.8 Å². The lowest BCUT2D eigenvalue weighted by Gasteiger charge is -2.29. The molecule has 2 aliphatic rings. The molecule has 5 N–H and O–H groups in total. The van der Waals surface area contributed by atoms with Gasteiger partial charge in [0.15, 0.2) is 35.8 Å². The number of hydrogen-bond acceptors (Lipinski definition) is 16. The van der Waals surface area contributed by atoms with Gasteiger partial charge in [-0.1, -0.05) is 13.8 Å². The van der Waals surface area contributed by atoms with Gasteiger partial charge in [-0.2, -0.15) is 10.2 Å². The number of imidazole rings is 1. The van der Waals surface area contributed by atoms with E-state index in [0.717, 1.165) is 10.9 Å². The molecular formula is C27H34F2N9O10P2S+. The highest BCUT2D eigenvalue weighted by atomic mass is 32.5. The van der Waals surface area contributed by atoms with Gasteiger partial charge in [0.1, 0.15) is 24.4 Å². The number of H-pyrrole nitrogens is 1. The number of alkyl halides is 2. The quantitative estimate of drug-likeness (QED) is 0.103. The number of fused-ring (bicyclic) bond motifs is 1. The molecule has 0 spiro atoms. The van der Waals surface area contributed by atoms with Crippen molar-refractivity contribution in [3.8, 4) is 6.07 Å². The summed E-state index contributed by atoms with van der Waals surface area (Å²) in [5, 5.41) is 24.4. The van der Waals surface area contributed by atoms with Crippen LogP contribution in [0.25, 0.3) is 11.2 Å². The Bertz CT molecular complexity index is 1850. The maximum Gasteiger partial charge on any atom is 0.695 e. The maximum absolute atomic E-state index is 16.0. The average Bonchev–Trinajstić information content (AvgIpc) is 3.74. The molecule has 3 aromatic rings. The number of amides is 1. The Hall–Kier alpha value is -3.48. The Balaban J connectivity index is 1.42. The van der Waals surface area contributed by atoms with Crippen LogP contribution in [0.2, 0.25) is 0 Å². The highest BCUT2D eigenvalue weighted by Gasteiger charge is 2.52. The third-order valence-electron chi connectivity index (χ3n) is 7.92. The minimum absolute atomic E-state index is 0.00303. The molecule has 51 heavy (non-hydrogen) atoms. The molecule has 1 saturated carbocycles. The topological polar surface area (TPSA) is 258 Å². The second-order valence-corrected chi connectivity index (χ2v) is 15.4. The van der Waals surface area contributed by atoms with Gasteiger partial charge in [-0.25, -0.2) is 23.7 Å². The Morgan fingerprint density at radius 1 is 1.31 bits per heavy atom. The number of aromatic amines is 1. The third-order valence-corrected chi connectivity index (χ3v) is 10.7. The number of anilines is 2. The molecule has 1 aliphatic carbocycles. The molecule has 1 saturated heterocycles. The number of nitrogens with zero attached hydrogens (tertiary/aromatic N) is 6. The fourth-order valence-corrected chi connectivity index (χ4v) is 8.05. The predicted molar refractivity (Wildman–Crippen MR) is 176 cm³/mol. The van der Waals surface area contributed by atoms with E-state index in [2.05, 4.69) is 35.6 Å². The van der Waals surface area contributed by atoms with Crippen molar-refractivity contribution >= 4 is 55.6 Å². The highest BCUT2D eigenvalue weighted by Crippen LogP contribution is 2.55. The number of carbonyl (C=O) groups excluding carboxylic acids is 1. The van der Waals surface area contributed by atoms with Crippen LogP contribution in [0.15, 0.2) is 29.7 Å². The molecule has 276 valence electrons. The number of nitrogens with one attached hydrogen (secondary N) is 3. The molecule has 4 heterocycles. The van der Waals surface area contributed by atoms with E-state index in [9.17, 15) is 24.2 Å². The number of rotatable bonds is 16. The highest BCUT2D eigenvalue weighted by molar-refractivity contribution is 8.07. The van der Waals surface area contributed by atoms with Crippen LogP contribution in [0.1, 0.15) is 32.9 Å². The Labute approximate surface area is 294 Å². The number of aliphatic hydroxyl groups is 1. The fourth-order valence-electron chi connectivity index (χ4n) is 5.44. The molecule has 24 heteroatoms. The van der Waals surface area contributed by atoms with E-state index >= 15 is 8.78 Å². The van der Waals surface area contributed by atoms with Crippen molar-refractivity contribution in [2.45, 2.75) is 69.6 Å². The number of halogens is 2. The fraction of sp³-hybridized carbons (Fsp3) is 0.593. The molecule has 0 radical (unpaired) electrons. The van der Waals surface area contributed by atoms with E-state index in [1.807, 2.05) is 6.07 Å². The second-order valence-electron chi connectivity index (χ2n) is 11.7. The molecule has 10 atom stereocenters. The van der Waals surface area contributed by atoms with Crippen molar-refractivity contribution in [3.05, 3.63) is 35.3 Å². The van der Waals surface area contributed by atoms with Gasteiger partial charge < -0.3 is 24.2 Å². The van der Waals surface area contributed by atoms with Crippen LogP contribution in [0.3, 0.4) is 0 Å². The molecular weight excluding hydrogens is 742 g/mol. The molecule has 0 bridgehead atoms. The smallest absolute Gasteiger partial charge is 0.394 e. The summed E-state index contributed by atoms with van der Waals surface area (Å²) in [5.74, 6) is -1.75. The zero-order valence-corrected chi connectivity index (χ0v) is 29.5. The second kappa shape index (κ2) is 16.9. The van der Waals surface area contributed by atoms with E-state index in [1.165, 1.54) is 18.6 Å². The van der Waals surface area contributed by atoms with Crippen molar-refractivity contribution < 1.29 is 51.0 Å². The third kappa shape index (κ3) is 9.13. The molecule has 3 aromatic heterocycles. The van der Waals surface area contributed by atoms with Crippen molar-refractivity contribution in [1.29, 1.82) is 5.26 Å². The first-order chi connectivity index (χ1) is 24.3. The van der Waals surface area contributed by atoms with Gasteiger partial charge in [0, 0.05) is 22.6 Å². The molecule has 2 fully saturated rings. The molecule has 1 unspecified atom stereocenters. The van der Waals surface area contributed by atoms with E-state index < -0.39 is 94.4 Å². The zero-order chi connectivity index (χ0) is 36.9. The maximum atomic E-state index is 16.0. The predicted octanol–water partition coefficient (Wildman–Crippen LogP) is 2.16. The van der Waals surface area contributed by atoms with Crippen LogP contribution in [0, 0.1) is 23.2 Å². The molecule has 5 rings (SSSR count). The molecule has 19 nitrogen and oxygen atoms in total. The lowest BCUT2D eigenvalue weighted by molar-refractivity contribution is -0.118. The van der Waals surface area contributed by atoms with E-state index in [-0.39, 0.29) is 42.4 Å². The molecule has 1 aliphatic heterocycles. The normalized spacial score (nSPS) is 27.7. The van der Waals surface area contributed by atoms with Crippen LogP contribution in [-0.2, 0) is 44.0 Å². The van der Waals surface area contributed by atoms with Crippen LogP contribution >= 0.6 is 15.0 Å². The van der Waals surface area contributed by atoms with Crippen LogP contribution in [-0.4, -0.2) is 102 Å². The SMILES string of the molecule is CC(C)C(=O)Nc1nc2c(ncn2[C@@H]2O[C@H](CO)[C@@H](F)[C@H]2O[P@@](=S)(OCCC#N)OC[C@H]2C[C@@H](Nc3ccncn3)[C@H](F)[C@@H]2O[P+](=O)O)c(=O)[nH]1. The van der Waals surface area contributed by atoms with Crippen molar-refractivity contribution in [3.63, 3.8) is 0 Å². The van der Waals surface area contributed by atoms with Gasteiger partial charge in [-0.3, -0.25) is 29.0 Å². The minimum Gasteiger partial charge on any atom is -0.394 e. The Morgan fingerprint density at radius 2 is 2.10 bits per heavy atom. The average molecular weight is 777 g/mol. The van der Waals surface area contributed by atoms with Crippen molar-refractivity contribution in [1.82, 2.24) is 29.5 Å². The summed E-state index contributed by atoms with van der Waals surface area (Å²) in [5.41, 5.74) is -1.06. The van der Waals surface area contributed by atoms with Gasteiger partial charge in [0.2, 0.25) is 11.9 Å². The summed E-state index contributed by atoms with van der Waals surface area (Å²) >= 11 is 5.63. The zero-order valence-electron chi connectivity index (χ0n) is 26.9. The van der Waals surface area contributed by atoms with Crippen LogP contribution < -0.4 is 16.2 Å². The summed E-state index contributed by atoms with van der Waals surface area (Å²) in [6.07, 6.45) is -6.33. The lowest BCUT2D eigenvalue weighted by Crippen LogP contribution is -2.33.